The second-order valence-corrected chi connectivity index (χ2v) is 8.17. The lowest BCUT2D eigenvalue weighted by atomic mass is 10.0. The molecule has 8 nitrogen and oxygen atoms in total. The molecule has 0 amide bonds. The predicted molar refractivity (Wildman–Crippen MR) is 90.3 cm³/mol. The Labute approximate surface area is 142 Å². The smallest absolute Gasteiger partial charge is 0.282 e. The minimum atomic E-state index is -3.49. The summed E-state index contributed by atoms with van der Waals surface area (Å²) in [6.45, 7) is 2.31. The van der Waals surface area contributed by atoms with E-state index >= 15 is 0 Å². The Balaban J connectivity index is 2.03. The maximum Gasteiger partial charge on any atom is 0.282 e. The molecule has 0 radical (unpaired) electrons. The van der Waals surface area contributed by atoms with E-state index in [1.54, 1.807) is 30.8 Å². The zero-order chi connectivity index (χ0) is 17.3. The maximum absolute atomic E-state index is 12.7. The van der Waals surface area contributed by atoms with Gasteiger partial charge in [0.05, 0.1) is 11.7 Å². The second kappa shape index (κ2) is 6.58. The quantitative estimate of drug-likeness (QED) is 0.902. The summed E-state index contributed by atoms with van der Waals surface area (Å²) in [5, 5.41) is 0. The van der Waals surface area contributed by atoms with Crippen LogP contribution >= 0.6 is 0 Å². The summed E-state index contributed by atoms with van der Waals surface area (Å²) in [4.78, 5) is 16.2. The maximum atomic E-state index is 12.7. The number of hydrogen-bond donors (Lipinski definition) is 1. The van der Waals surface area contributed by atoms with E-state index in [9.17, 15) is 8.42 Å². The van der Waals surface area contributed by atoms with Crippen molar-refractivity contribution in [3.8, 4) is 11.5 Å². The van der Waals surface area contributed by atoms with Crippen molar-refractivity contribution >= 4 is 10.2 Å². The van der Waals surface area contributed by atoms with Crippen LogP contribution in [0, 0.1) is 6.92 Å². The molecule has 0 bridgehead atoms. The van der Waals surface area contributed by atoms with Gasteiger partial charge in [0.25, 0.3) is 10.2 Å². The Morgan fingerprint density at radius 2 is 2.08 bits per heavy atom. The van der Waals surface area contributed by atoms with Crippen molar-refractivity contribution < 1.29 is 8.42 Å². The molecule has 9 heteroatoms. The Morgan fingerprint density at radius 1 is 1.29 bits per heavy atom. The van der Waals surface area contributed by atoms with Crippen molar-refractivity contribution in [2.75, 3.05) is 20.6 Å². The predicted octanol–water partition coefficient (Wildman–Crippen LogP) is 1.51. The largest absolute Gasteiger partial charge is 0.343 e. The molecule has 1 saturated heterocycles. The van der Waals surface area contributed by atoms with Crippen LogP contribution in [0.25, 0.3) is 11.5 Å². The molecular formula is C15H22N6O2S. The Kier molecular flexibility index (Phi) is 4.66. The first-order valence-electron chi connectivity index (χ1n) is 7.94. The van der Waals surface area contributed by atoms with E-state index in [2.05, 4.69) is 19.9 Å². The standard InChI is InChI=1S/C15H22N6O2S/c1-11-18-12(10-13(19-11)15-16-7-8-17-15)14-6-4-5-9-21(14)24(22,23)20(2)3/h7-8,10,14H,4-6,9H2,1-3H3,(H,16,17). The highest BCUT2D eigenvalue weighted by Crippen LogP contribution is 2.33. The molecule has 1 N–H and O–H groups in total. The van der Waals surface area contributed by atoms with Gasteiger partial charge in [-0.2, -0.15) is 17.0 Å². The van der Waals surface area contributed by atoms with Gasteiger partial charge in [0.1, 0.15) is 11.5 Å². The average Bonchev–Trinajstić information content (AvgIpc) is 3.08. The van der Waals surface area contributed by atoms with Gasteiger partial charge in [-0.25, -0.2) is 15.0 Å². The van der Waals surface area contributed by atoms with E-state index in [-0.39, 0.29) is 6.04 Å². The van der Waals surface area contributed by atoms with Gasteiger partial charge in [0.2, 0.25) is 0 Å². The molecule has 2 aromatic heterocycles. The summed E-state index contributed by atoms with van der Waals surface area (Å²) in [7, 11) is -0.382. The van der Waals surface area contributed by atoms with Crippen molar-refractivity contribution in [3.63, 3.8) is 0 Å². The van der Waals surface area contributed by atoms with E-state index in [1.165, 1.54) is 4.31 Å². The van der Waals surface area contributed by atoms with Crippen LogP contribution in [-0.2, 0) is 10.2 Å². The average molecular weight is 350 g/mol. The SMILES string of the molecule is Cc1nc(-c2ncc[nH]2)cc(C2CCCCN2S(=O)(=O)N(C)C)n1. The van der Waals surface area contributed by atoms with Gasteiger partial charge in [-0.05, 0) is 25.8 Å². The summed E-state index contributed by atoms with van der Waals surface area (Å²) >= 11 is 0. The third kappa shape index (κ3) is 3.19. The van der Waals surface area contributed by atoms with Gasteiger partial charge in [0.15, 0.2) is 5.82 Å². The number of nitrogens with zero attached hydrogens (tertiary/aromatic N) is 5. The third-order valence-electron chi connectivity index (χ3n) is 4.15. The molecule has 0 aliphatic carbocycles. The van der Waals surface area contributed by atoms with E-state index in [1.807, 2.05) is 13.0 Å². The van der Waals surface area contributed by atoms with E-state index in [4.69, 9.17) is 0 Å². The highest BCUT2D eigenvalue weighted by atomic mass is 32.2. The van der Waals surface area contributed by atoms with Crippen LogP contribution in [0.1, 0.15) is 36.8 Å². The minimum absolute atomic E-state index is 0.276. The van der Waals surface area contributed by atoms with Crippen LogP contribution in [-0.4, -0.2) is 57.6 Å². The molecule has 3 rings (SSSR count). The fraction of sp³-hybridized carbons (Fsp3) is 0.533. The molecule has 0 spiro atoms. The number of aromatic amines is 1. The molecule has 2 aromatic rings. The topological polar surface area (TPSA) is 95.1 Å². The molecular weight excluding hydrogens is 328 g/mol. The number of aromatic nitrogens is 4. The van der Waals surface area contributed by atoms with Crippen molar-refractivity contribution in [2.24, 2.45) is 0 Å². The first-order valence-corrected chi connectivity index (χ1v) is 9.34. The molecule has 1 aliphatic heterocycles. The van der Waals surface area contributed by atoms with Crippen LogP contribution in [0.4, 0.5) is 0 Å². The molecule has 1 aliphatic rings. The van der Waals surface area contributed by atoms with E-state index in [0.717, 1.165) is 25.0 Å². The third-order valence-corrected chi connectivity index (χ3v) is 6.10. The van der Waals surface area contributed by atoms with Crippen LogP contribution in [0.5, 0.6) is 0 Å². The molecule has 130 valence electrons. The molecule has 0 saturated carbocycles. The normalized spacial score (nSPS) is 19.8. The monoisotopic (exact) mass is 350 g/mol. The number of rotatable bonds is 4. The lowest BCUT2D eigenvalue weighted by molar-refractivity contribution is 0.238. The molecule has 1 unspecified atom stereocenters. The second-order valence-electron chi connectivity index (χ2n) is 6.08. The molecule has 1 fully saturated rings. The number of aryl methyl sites for hydroxylation is 1. The lowest BCUT2D eigenvalue weighted by Crippen LogP contribution is -2.44. The van der Waals surface area contributed by atoms with E-state index in [0.29, 0.717) is 23.9 Å². The minimum Gasteiger partial charge on any atom is -0.343 e. The number of nitrogens with one attached hydrogen (secondary N) is 1. The number of hydrogen-bond acceptors (Lipinski definition) is 5. The highest BCUT2D eigenvalue weighted by molar-refractivity contribution is 7.86. The zero-order valence-corrected chi connectivity index (χ0v) is 14.9. The van der Waals surface area contributed by atoms with Crippen LogP contribution in [0.2, 0.25) is 0 Å². The van der Waals surface area contributed by atoms with Crippen LogP contribution < -0.4 is 0 Å². The van der Waals surface area contributed by atoms with Gasteiger partial charge in [-0.1, -0.05) is 6.42 Å². The van der Waals surface area contributed by atoms with Gasteiger partial charge >= 0.3 is 0 Å². The Morgan fingerprint density at radius 3 is 2.75 bits per heavy atom. The molecule has 3 heterocycles. The fourth-order valence-electron chi connectivity index (χ4n) is 2.97. The number of H-pyrrole nitrogens is 1. The molecule has 1 atom stereocenters. The van der Waals surface area contributed by atoms with E-state index < -0.39 is 10.2 Å². The summed E-state index contributed by atoms with van der Waals surface area (Å²) in [5.41, 5.74) is 1.40. The van der Waals surface area contributed by atoms with Crippen molar-refractivity contribution in [1.29, 1.82) is 0 Å². The highest BCUT2D eigenvalue weighted by Gasteiger charge is 2.35. The van der Waals surface area contributed by atoms with Crippen molar-refractivity contribution in [1.82, 2.24) is 28.5 Å². The number of piperidine rings is 1. The van der Waals surface area contributed by atoms with Crippen molar-refractivity contribution in [3.05, 3.63) is 30.0 Å². The lowest BCUT2D eigenvalue weighted by Gasteiger charge is -2.35. The summed E-state index contributed by atoms with van der Waals surface area (Å²) in [6, 6.07) is 1.56. The van der Waals surface area contributed by atoms with Gasteiger partial charge in [-0.15, -0.1) is 0 Å². The summed E-state index contributed by atoms with van der Waals surface area (Å²) in [6.07, 6.45) is 5.98. The zero-order valence-electron chi connectivity index (χ0n) is 14.1. The summed E-state index contributed by atoms with van der Waals surface area (Å²) < 4.78 is 28.1. The molecule has 0 aromatic carbocycles. The van der Waals surface area contributed by atoms with Gasteiger partial charge in [-0.3, -0.25) is 0 Å². The van der Waals surface area contributed by atoms with Crippen molar-refractivity contribution in [2.45, 2.75) is 32.2 Å². The Bertz CT molecular complexity index is 803. The summed E-state index contributed by atoms with van der Waals surface area (Å²) in [5.74, 6) is 1.26. The number of imidazole rings is 1. The Hall–Kier alpha value is -1.84. The van der Waals surface area contributed by atoms with Gasteiger partial charge < -0.3 is 4.98 Å². The van der Waals surface area contributed by atoms with Crippen LogP contribution in [0.15, 0.2) is 18.5 Å². The fourth-order valence-corrected chi connectivity index (χ4v) is 4.29. The van der Waals surface area contributed by atoms with Crippen LogP contribution in [0.3, 0.4) is 0 Å². The first kappa shape index (κ1) is 17.0. The van der Waals surface area contributed by atoms with Gasteiger partial charge in [0, 0.05) is 33.0 Å². The molecule has 24 heavy (non-hydrogen) atoms. The first-order chi connectivity index (χ1) is 11.4.